The monoisotopic (exact) mass is 358 g/mol. The lowest BCUT2D eigenvalue weighted by molar-refractivity contribution is -0.134. The third-order valence-corrected chi connectivity index (χ3v) is 4.12. The van der Waals surface area contributed by atoms with Crippen LogP contribution in [-0.4, -0.2) is 36.9 Å². The molecule has 2 amide bonds. The van der Waals surface area contributed by atoms with Gasteiger partial charge in [-0.3, -0.25) is 9.59 Å². The van der Waals surface area contributed by atoms with Crippen LogP contribution < -0.4 is 5.32 Å². The van der Waals surface area contributed by atoms with E-state index >= 15 is 0 Å². The van der Waals surface area contributed by atoms with Crippen LogP contribution in [0.5, 0.6) is 0 Å². The summed E-state index contributed by atoms with van der Waals surface area (Å²) < 4.78 is 0. The number of benzene rings is 2. The Morgan fingerprint density at radius 1 is 1.04 bits per heavy atom. The molecule has 0 heterocycles. The Morgan fingerprint density at radius 3 is 2.36 bits per heavy atom. The normalized spacial score (nSPS) is 11.6. The molecule has 1 N–H and O–H groups in total. The van der Waals surface area contributed by atoms with E-state index in [2.05, 4.69) is 5.32 Å². The summed E-state index contributed by atoms with van der Waals surface area (Å²) in [6.07, 6.45) is 1.37. The fourth-order valence-corrected chi connectivity index (χ4v) is 2.79. The van der Waals surface area contributed by atoms with Crippen LogP contribution in [0.15, 0.2) is 54.6 Å². The Morgan fingerprint density at radius 2 is 1.72 bits per heavy atom. The van der Waals surface area contributed by atoms with Gasteiger partial charge in [-0.1, -0.05) is 54.1 Å². The van der Waals surface area contributed by atoms with Crippen molar-refractivity contribution in [3.63, 3.8) is 0 Å². The van der Waals surface area contributed by atoms with Gasteiger partial charge in [-0.15, -0.1) is 0 Å². The number of likely N-dealkylation sites (N-methyl/N-ethyl adjacent to an activating group) is 1. The first-order valence-corrected chi connectivity index (χ1v) is 8.62. The third kappa shape index (κ3) is 6.24. The molecule has 0 aliphatic carbocycles. The molecule has 2 aromatic carbocycles. The molecule has 2 rings (SSSR count). The zero-order valence-corrected chi connectivity index (χ0v) is 15.3. The lowest BCUT2D eigenvalue weighted by Gasteiger charge is -2.22. The fraction of sp³-hybridized carbons (Fsp3) is 0.300. The highest BCUT2D eigenvalue weighted by Crippen LogP contribution is 2.12. The van der Waals surface area contributed by atoms with Gasteiger partial charge in [-0.2, -0.15) is 0 Å². The number of hydrogen-bond donors (Lipinski definition) is 1. The molecule has 0 bridgehead atoms. The van der Waals surface area contributed by atoms with E-state index in [0.717, 1.165) is 11.1 Å². The van der Waals surface area contributed by atoms with Gasteiger partial charge in [0.05, 0.1) is 0 Å². The first kappa shape index (κ1) is 19.0. The highest BCUT2D eigenvalue weighted by atomic mass is 35.5. The number of halogens is 1. The zero-order chi connectivity index (χ0) is 18.2. The number of nitrogens with one attached hydrogen (secondary N) is 1. The van der Waals surface area contributed by atoms with E-state index in [0.29, 0.717) is 24.3 Å². The fourth-order valence-electron chi connectivity index (χ4n) is 2.58. The smallest absolute Gasteiger partial charge is 0.244 e. The van der Waals surface area contributed by atoms with Gasteiger partial charge in [0.15, 0.2) is 0 Å². The van der Waals surface area contributed by atoms with Crippen LogP contribution >= 0.6 is 11.6 Å². The van der Waals surface area contributed by atoms with Gasteiger partial charge in [0, 0.05) is 32.0 Å². The Labute approximate surface area is 153 Å². The maximum atomic E-state index is 12.4. The van der Waals surface area contributed by atoms with E-state index in [4.69, 9.17) is 11.6 Å². The first-order chi connectivity index (χ1) is 12.0. The molecule has 1 atom stereocenters. The van der Waals surface area contributed by atoms with Gasteiger partial charge in [0.25, 0.3) is 0 Å². The molecule has 2 aromatic rings. The molecule has 0 aliphatic rings. The molecule has 0 radical (unpaired) electrons. The summed E-state index contributed by atoms with van der Waals surface area (Å²) in [5.74, 6) is -0.254. The number of carbonyl (C=O) groups is 2. The first-order valence-electron chi connectivity index (χ1n) is 8.24. The average Bonchev–Trinajstić information content (AvgIpc) is 2.59. The van der Waals surface area contributed by atoms with Crippen molar-refractivity contribution in [1.82, 2.24) is 10.2 Å². The number of hydrogen-bond acceptors (Lipinski definition) is 2. The van der Waals surface area contributed by atoms with Crippen molar-refractivity contribution < 1.29 is 9.59 Å². The van der Waals surface area contributed by atoms with Crippen LogP contribution in [0, 0.1) is 0 Å². The second-order valence-corrected chi connectivity index (χ2v) is 6.61. The van der Waals surface area contributed by atoms with Crippen LogP contribution in [0.3, 0.4) is 0 Å². The molecular weight excluding hydrogens is 336 g/mol. The van der Waals surface area contributed by atoms with Crippen LogP contribution in [0.4, 0.5) is 0 Å². The number of carbonyl (C=O) groups excluding carboxylic acids is 2. The highest BCUT2D eigenvalue weighted by Gasteiger charge is 2.22. The molecule has 0 saturated heterocycles. The number of nitrogens with zero attached hydrogens (tertiary/aromatic N) is 1. The molecule has 5 heteroatoms. The van der Waals surface area contributed by atoms with Crippen LogP contribution in [0.2, 0.25) is 5.02 Å². The average molecular weight is 359 g/mol. The lowest BCUT2D eigenvalue weighted by atomic mass is 10.0. The van der Waals surface area contributed by atoms with E-state index < -0.39 is 6.04 Å². The summed E-state index contributed by atoms with van der Waals surface area (Å²) in [4.78, 5) is 26.2. The van der Waals surface area contributed by atoms with Crippen molar-refractivity contribution in [1.29, 1.82) is 0 Å². The second-order valence-electron chi connectivity index (χ2n) is 6.17. The maximum absolute atomic E-state index is 12.4. The lowest BCUT2D eigenvalue weighted by Crippen LogP contribution is -2.47. The van der Waals surface area contributed by atoms with E-state index in [9.17, 15) is 9.59 Å². The molecule has 25 heavy (non-hydrogen) atoms. The molecule has 0 aromatic heterocycles. The Hall–Kier alpha value is -2.33. The Bertz CT molecular complexity index is 717. The molecule has 1 unspecified atom stereocenters. The Kier molecular flexibility index (Phi) is 7.02. The van der Waals surface area contributed by atoms with Crippen LogP contribution in [0.25, 0.3) is 0 Å². The molecule has 0 aliphatic heterocycles. The Balaban J connectivity index is 1.97. The van der Waals surface area contributed by atoms with Gasteiger partial charge in [0.2, 0.25) is 11.8 Å². The molecule has 4 nitrogen and oxygen atoms in total. The van der Waals surface area contributed by atoms with E-state index in [1.165, 1.54) is 4.90 Å². The topological polar surface area (TPSA) is 49.4 Å². The van der Waals surface area contributed by atoms with Crippen molar-refractivity contribution in [2.24, 2.45) is 0 Å². The quantitative estimate of drug-likeness (QED) is 0.826. The number of amides is 2. The summed E-state index contributed by atoms with van der Waals surface area (Å²) in [5.41, 5.74) is 2.01. The minimum absolute atomic E-state index is 0.111. The minimum Gasteiger partial charge on any atom is -0.347 e. The van der Waals surface area contributed by atoms with Gasteiger partial charge < -0.3 is 10.2 Å². The molecule has 132 valence electrons. The predicted octanol–water partition coefficient (Wildman–Crippen LogP) is 3.09. The number of aryl methyl sites for hydroxylation is 1. The summed E-state index contributed by atoms with van der Waals surface area (Å²) in [7, 11) is 3.39. The van der Waals surface area contributed by atoms with E-state index in [-0.39, 0.29) is 11.8 Å². The molecular formula is C20H23ClN2O2. The van der Waals surface area contributed by atoms with E-state index in [1.807, 2.05) is 48.5 Å². The summed E-state index contributed by atoms with van der Waals surface area (Å²) in [5, 5.41) is 3.52. The number of rotatable bonds is 7. The molecule has 0 spiro atoms. The highest BCUT2D eigenvalue weighted by molar-refractivity contribution is 6.30. The van der Waals surface area contributed by atoms with Crippen molar-refractivity contribution in [2.45, 2.75) is 25.3 Å². The van der Waals surface area contributed by atoms with Gasteiger partial charge in [-0.25, -0.2) is 0 Å². The third-order valence-electron chi connectivity index (χ3n) is 3.89. The van der Waals surface area contributed by atoms with Gasteiger partial charge >= 0.3 is 0 Å². The summed E-state index contributed by atoms with van der Waals surface area (Å²) in [6.45, 7) is 0. The van der Waals surface area contributed by atoms with Crippen molar-refractivity contribution in [3.05, 3.63) is 70.7 Å². The van der Waals surface area contributed by atoms with Gasteiger partial charge in [-0.05, 0) is 29.7 Å². The second kappa shape index (κ2) is 9.23. The van der Waals surface area contributed by atoms with Crippen LogP contribution in [0.1, 0.15) is 17.5 Å². The summed E-state index contributed by atoms with van der Waals surface area (Å²) in [6, 6.07) is 16.6. The zero-order valence-electron chi connectivity index (χ0n) is 14.5. The van der Waals surface area contributed by atoms with E-state index in [1.54, 1.807) is 20.2 Å². The molecule has 0 saturated carbocycles. The maximum Gasteiger partial charge on any atom is 0.244 e. The predicted molar refractivity (Wildman–Crippen MR) is 101 cm³/mol. The largest absolute Gasteiger partial charge is 0.347 e. The van der Waals surface area contributed by atoms with Gasteiger partial charge in [0.1, 0.15) is 6.04 Å². The standard InChI is InChI=1S/C20H23ClN2O2/c1-23(2)20(25)18(14-15-7-4-3-5-8-15)22-19(24)12-11-16-9-6-10-17(21)13-16/h3-10,13,18H,11-12,14H2,1-2H3,(H,22,24). The molecule has 0 fully saturated rings. The van der Waals surface area contributed by atoms with Crippen molar-refractivity contribution >= 4 is 23.4 Å². The SMILES string of the molecule is CN(C)C(=O)C(Cc1ccccc1)NC(=O)CCc1cccc(Cl)c1. The van der Waals surface area contributed by atoms with Crippen molar-refractivity contribution in [2.75, 3.05) is 14.1 Å². The summed E-state index contributed by atoms with van der Waals surface area (Å²) >= 11 is 5.96. The minimum atomic E-state index is -0.565. The van der Waals surface area contributed by atoms with Crippen molar-refractivity contribution in [3.8, 4) is 0 Å². The van der Waals surface area contributed by atoms with Crippen LogP contribution in [-0.2, 0) is 22.4 Å².